The van der Waals surface area contributed by atoms with Crippen LogP contribution < -0.4 is 10.1 Å². The fourth-order valence-corrected chi connectivity index (χ4v) is 2.84. The minimum absolute atomic E-state index is 0.236. The molecular formula is C18H21N3O3. The molecule has 1 aromatic carbocycles. The van der Waals surface area contributed by atoms with E-state index in [1.165, 1.54) is 6.08 Å². The molecule has 1 aliphatic carbocycles. The number of carbonyl (C=O) groups excluding carboxylic acids is 1. The molecule has 24 heavy (non-hydrogen) atoms. The molecule has 2 N–H and O–H groups in total. The minimum atomic E-state index is -0.723. The van der Waals surface area contributed by atoms with Gasteiger partial charge in [0.05, 0.1) is 11.7 Å². The van der Waals surface area contributed by atoms with E-state index in [0.29, 0.717) is 12.8 Å². The molecule has 0 saturated heterocycles. The highest BCUT2D eigenvalue weighted by Gasteiger charge is 2.36. The minimum Gasteiger partial charge on any atom is -0.488 e. The van der Waals surface area contributed by atoms with E-state index in [1.54, 1.807) is 17.0 Å². The van der Waals surface area contributed by atoms with Crippen LogP contribution in [0.15, 0.2) is 48.7 Å². The smallest absolute Gasteiger partial charge is 0.244 e. The maximum Gasteiger partial charge on any atom is 0.244 e. The molecule has 0 radical (unpaired) electrons. The van der Waals surface area contributed by atoms with Crippen molar-refractivity contribution in [2.45, 2.75) is 31.1 Å². The summed E-state index contributed by atoms with van der Waals surface area (Å²) in [4.78, 5) is 12.0. The van der Waals surface area contributed by atoms with E-state index < -0.39 is 6.10 Å². The van der Waals surface area contributed by atoms with Gasteiger partial charge in [-0.05, 0) is 37.1 Å². The number of nitrogens with zero attached hydrogens (tertiary/aromatic N) is 2. The lowest BCUT2D eigenvalue weighted by Gasteiger charge is -2.21. The Labute approximate surface area is 140 Å². The normalized spacial score (nSPS) is 23.5. The lowest BCUT2D eigenvalue weighted by molar-refractivity contribution is -0.117. The molecule has 0 aliphatic heterocycles. The molecule has 1 saturated carbocycles. The Morgan fingerprint density at radius 1 is 1.33 bits per heavy atom. The first-order valence-electron chi connectivity index (χ1n) is 8.00. The number of amides is 1. The molecule has 0 bridgehead atoms. The molecular weight excluding hydrogens is 306 g/mol. The average Bonchev–Trinajstić information content (AvgIpc) is 3.14. The second-order valence-electron chi connectivity index (χ2n) is 5.87. The summed E-state index contributed by atoms with van der Waals surface area (Å²) in [6, 6.07) is 10.9. The molecule has 6 nitrogen and oxygen atoms in total. The molecule has 2 aromatic rings. The molecule has 3 rings (SSSR count). The number of hydrogen-bond donors (Lipinski definition) is 2. The van der Waals surface area contributed by atoms with Crippen LogP contribution in [0.5, 0.6) is 5.75 Å². The summed E-state index contributed by atoms with van der Waals surface area (Å²) in [6.07, 6.45) is 5.18. The average molecular weight is 327 g/mol. The summed E-state index contributed by atoms with van der Waals surface area (Å²) in [5, 5.41) is 17.3. The molecule has 1 fully saturated rings. The van der Waals surface area contributed by atoms with Crippen molar-refractivity contribution in [2.24, 2.45) is 7.05 Å². The Kier molecular flexibility index (Phi) is 4.96. The predicted molar refractivity (Wildman–Crippen MR) is 90.3 cm³/mol. The zero-order chi connectivity index (χ0) is 16.9. The lowest BCUT2D eigenvalue weighted by atomic mass is 10.2. The summed E-state index contributed by atoms with van der Waals surface area (Å²) in [6.45, 7) is 0. The summed E-state index contributed by atoms with van der Waals surface area (Å²) in [5.41, 5.74) is 0.836. The molecule has 1 amide bonds. The number of nitrogens with one attached hydrogen (secondary N) is 1. The standard InChI is InChI=1S/C18H21N3O3/c1-21-13(11-12-19-21)7-10-17(22)20-15-8-9-16(18(15)23)24-14-5-3-2-4-6-14/h2-7,10-12,15-16,18,23H,8-9H2,1H3,(H,20,22)/b10-7+/t15-,16-,18-/m1/s1. The number of aliphatic hydroxyl groups is 1. The van der Waals surface area contributed by atoms with E-state index in [4.69, 9.17) is 4.74 Å². The van der Waals surface area contributed by atoms with Crippen LogP contribution in [0, 0.1) is 0 Å². The first-order valence-corrected chi connectivity index (χ1v) is 8.00. The van der Waals surface area contributed by atoms with Gasteiger partial charge >= 0.3 is 0 Å². The number of para-hydroxylation sites is 1. The number of carbonyl (C=O) groups is 1. The number of aromatic nitrogens is 2. The maximum atomic E-state index is 12.0. The van der Waals surface area contributed by atoms with Crippen molar-refractivity contribution in [1.29, 1.82) is 0 Å². The van der Waals surface area contributed by atoms with Crippen LogP contribution in [0.2, 0.25) is 0 Å². The van der Waals surface area contributed by atoms with Crippen LogP contribution >= 0.6 is 0 Å². The molecule has 1 aromatic heterocycles. The highest BCUT2D eigenvalue weighted by molar-refractivity contribution is 5.91. The number of aryl methyl sites for hydroxylation is 1. The van der Waals surface area contributed by atoms with Crippen LogP contribution in [-0.4, -0.2) is 39.0 Å². The van der Waals surface area contributed by atoms with Crippen molar-refractivity contribution in [1.82, 2.24) is 15.1 Å². The Balaban J connectivity index is 1.53. The Morgan fingerprint density at radius 3 is 2.83 bits per heavy atom. The molecule has 126 valence electrons. The molecule has 0 spiro atoms. The van der Waals surface area contributed by atoms with Gasteiger partial charge in [-0.1, -0.05) is 18.2 Å². The Hall–Kier alpha value is -2.60. The number of ether oxygens (including phenoxy) is 1. The van der Waals surface area contributed by atoms with Gasteiger partial charge in [0.1, 0.15) is 18.0 Å². The molecule has 0 unspecified atom stereocenters. The van der Waals surface area contributed by atoms with Crippen molar-refractivity contribution in [3.63, 3.8) is 0 Å². The van der Waals surface area contributed by atoms with Crippen LogP contribution in [0.1, 0.15) is 18.5 Å². The van der Waals surface area contributed by atoms with E-state index in [2.05, 4.69) is 10.4 Å². The van der Waals surface area contributed by atoms with Crippen molar-refractivity contribution < 1.29 is 14.6 Å². The van der Waals surface area contributed by atoms with Gasteiger partial charge in [0, 0.05) is 19.3 Å². The van der Waals surface area contributed by atoms with Gasteiger partial charge in [0.15, 0.2) is 0 Å². The third kappa shape index (κ3) is 3.83. The third-order valence-electron chi connectivity index (χ3n) is 4.18. The number of aliphatic hydroxyl groups excluding tert-OH is 1. The van der Waals surface area contributed by atoms with E-state index in [1.807, 2.05) is 43.4 Å². The van der Waals surface area contributed by atoms with Gasteiger partial charge in [-0.3, -0.25) is 9.48 Å². The summed E-state index contributed by atoms with van der Waals surface area (Å²) < 4.78 is 7.48. The zero-order valence-electron chi connectivity index (χ0n) is 13.5. The lowest BCUT2D eigenvalue weighted by Crippen LogP contribution is -2.43. The van der Waals surface area contributed by atoms with Crippen molar-refractivity contribution >= 4 is 12.0 Å². The molecule has 3 atom stereocenters. The molecule has 1 heterocycles. The van der Waals surface area contributed by atoms with Crippen LogP contribution in [0.25, 0.3) is 6.08 Å². The van der Waals surface area contributed by atoms with Crippen molar-refractivity contribution in [2.75, 3.05) is 0 Å². The first kappa shape index (κ1) is 16.3. The maximum absolute atomic E-state index is 12.0. The summed E-state index contributed by atoms with van der Waals surface area (Å²) >= 11 is 0. The van der Waals surface area contributed by atoms with Crippen LogP contribution in [-0.2, 0) is 11.8 Å². The monoisotopic (exact) mass is 327 g/mol. The number of rotatable bonds is 5. The van der Waals surface area contributed by atoms with Gasteiger partial charge in [0.2, 0.25) is 5.91 Å². The van der Waals surface area contributed by atoms with Crippen molar-refractivity contribution in [3.05, 3.63) is 54.4 Å². The predicted octanol–water partition coefficient (Wildman–Crippen LogP) is 1.52. The number of hydrogen-bond acceptors (Lipinski definition) is 4. The SMILES string of the molecule is Cn1nccc1/C=C/C(=O)N[C@@H]1CC[C@@H](Oc2ccccc2)[C@@H]1O. The third-order valence-corrected chi connectivity index (χ3v) is 4.18. The zero-order valence-corrected chi connectivity index (χ0v) is 13.5. The quantitative estimate of drug-likeness (QED) is 0.817. The van der Waals surface area contributed by atoms with Gasteiger partial charge in [0.25, 0.3) is 0 Å². The van der Waals surface area contributed by atoms with Crippen molar-refractivity contribution in [3.8, 4) is 5.75 Å². The second kappa shape index (κ2) is 7.31. The molecule has 6 heteroatoms. The summed E-state index contributed by atoms with van der Waals surface area (Å²) in [5.74, 6) is 0.491. The fraction of sp³-hybridized carbons (Fsp3) is 0.333. The summed E-state index contributed by atoms with van der Waals surface area (Å²) in [7, 11) is 1.81. The topological polar surface area (TPSA) is 76.4 Å². The van der Waals surface area contributed by atoms with Crippen LogP contribution in [0.4, 0.5) is 0 Å². The van der Waals surface area contributed by atoms with Gasteiger partial charge in [-0.25, -0.2) is 0 Å². The van der Waals surface area contributed by atoms with E-state index in [9.17, 15) is 9.90 Å². The highest BCUT2D eigenvalue weighted by atomic mass is 16.5. The Morgan fingerprint density at radius 2 is 2.12 bits per heavy atom. The second-order valence-corrected chi connectivity index (χ2v) is 5.87. The van der Waals surface area contributed by atoms with E-state index in [-0.39, 0.29) is 18.1 Å². The Bertz CT molecular complexity index is 711. The van der Waals surface area contributed by atoms with E-state index >= 15 is 0 Å². The van der Waals surface area contributed by atoms with Gasteiger partial charge in [-0.2, -0.15) is 5.10 Å². The first-order chi connectivity index (χ1) is 11.6. The largest absolute Gasteiger partial charge is 0.488 e. The van der Waals surface area contributed by atoms with Gasteiger partial charge in [-0.15, -0.1) is 0 Å². The highest BCUT2D eigenvalue weighted by Crippen LogP contribution is 2.25. The molecule has 1 aliphatic rings. The van der Waals surface area contributed by atoms with E-state index in [0.717, 1.165) is 11.4 Å². The number of benzene rings is 1. The fourth-order valence-electron chi connectivity index (χ4n) is 2.84. The van der Waals surface area contributed by atoms with Crippen LogP contribution in [0.3, 0.4) is 0 Å². The van der Waals surface area contributed by atoms with Gasteiger partial charge < -0.3 is 15.2 Å².